The van der Waals surface area contributed by atoms with Crippen molar-refractivity contribution in [2.75, 3.05) is 33.2 Å². The monoisotopic (exact) mass is 384 g/mol. The Hall–Kier alpha value is -2.20. The molecule has 2 aromatic heterocycles. The minimum absolute atomic E-state index is 0.0211. The molecule has 3 heterocycles. The molecule has 1 saturated heterocycles. The number of carbonyl (C=O) groups is 1. The summed E-state index contributed by atoms with van der Waals surface area (Å²) in [6, 6.07) is 3.32. The number of hydrogen-bond acceptors (Lipinski definition) is 5. The van der Waals surface area contributed by atoms with Gasteiger partial charge in [0, 0.05) is 31.9 Å². The average Bonchev–Trinajstić information content (AvgIpc) is 3.01. The summed E-state index contributed by atoms with van der Waals surface area (Å²) < 4.78 is 38.7. The summed E-state index contributed by atoms with van der Waals surface area (Å²) in [7, 11) is 2.03. The molecule has 0 spiro atoms. The first-order chi connectivity index (χ1) is 12.7. The molecule has 1 fully saturated rings. The van der Waals surface area contributed by atoms with Crippen LogP contribution in [0.3, 0.4) is 0 Å². The van der Waals surface area contributed by atoms with E-state index in [1.807, 2.05) is 12.4 Å². The SMILES string of the molecule is CC(C)N1CCN(C)CC1c1nnc2ccc(C(=O)NCC(F)(F)F)cn12. The van der Waals surface area contributed by atoms with Gasteiger partial charge in [-0.25, -0.2) is 0 Å². The number of carbonyl (C=O) groups excluding carboxylic acids is 1. The van der Waals surface area contributed by atoms with Crippen LogP contribution in [-0.4, -0.2) is 75.7 Å². The van der Waals surface area contributed by atoms with Crippen LogP contribution < -0.4 is 5.32 Å². The van der Waals surface area contributed by atoms with E-state index in [9.17, 15) is 18.0 Å². The first-order valence-electron chi connectivity index (χ1n) is 8.79. The standard InChI is InChI=1S/C17H23F3N6O/c1-11(2)25-7-6-24(3)9-13(25)15-23-22-14-5-4-12(8-26(14)15)16(27)21-10-17(18,19)20/h4-5,8,11,13H,6-7,9-10H2,1-3H3,(H,21,27). The predicted octanol–water partition coefficient (Wildman–Crippen LogP) is 1.72. The zero-order valence-corrected chi connectivity index (χ0v) is 15.5. The quantitative estimate of drug-likeness (QED) is 0.870. The fraction of sp³-hybridized carbons (Fsp3) is 0.588. The Bertz CT molecular complexity index is 819. The van der Waals surface area contributed by atoms with Gasteiger partial charge in [0.1, 0.15) is 6.54 Å². The molecule has 1 amide bonds. The van der Waals surface area contributed by atoms with Crippen molar-refractivity contribution in [3.8, 4) is 0 Å². The lowest BCUT2D eigenvalue weighted by Gasteiger charge is -2.41. The summed E-state index contributed by atoms with van der Waals surface area (Å²) >= 11 is 0. The van der Waals surface area contributed by atoms with Gasteiger partial charge in [0.05, 0.1) is 11.6 Å². The topological polar surface area (TPSA) is 65.8 Å². The van der Waals surface area contributed by atoms with E-state index in [0.717, 1.165) is 19.6 Å². The molecule has 27 heavy (non-hydrogen) atoms. The largest absolute Gasteiger partial charge is 0.405 e. The second-order valence-electron chi connectivity index (χ2n) is 7.11. The highest BCUT2D eigenvalue weighted by molar-refractivity contribution is 5.94. The lowest BCUT2D eigenvalue weighted by molar-refractivity contribution is -0.123. The van der Waals surface area contributed by atoms with E-state index < -0.39 is 18.6 Å². The van der Waals surface area contributed by atoms with Crippen LogP contribution in [0.2, 0.25) is 0 Å². The fourth-order valence-electron chi connectivity index (χ4n) is 3.33. The third kappa shape index (κ3) is 4.38. The van der Waals surface area contributed by atoms with Crippen molar-refractivity contribution < 1.29 is 18.0 Å². The molecule has 148 valence electrons. The summed E-state index contributed by atoms with van der Waals surface area (Å²) in [6.07, 6.45) is -2.95. The van der Waals surface area contributed by atoms with Gasteiger partial charge < -0.3 is 10.2 Å². The Labute approximate surface area is 155 Å². The molecule has 1 aliphatic rings. The van der Waals surface area contributed by atoms with Crippen molar-refractivity contribution in [1.29, 1.82) is 0 Å². The van der Waals surface area contributed by atoms with Gasteiger partial charge in [-0.05, 0) is 33.0 Å². The number of pyridine rings is 1. The summed E-state index contributed by atoms with van der Waals surface area (Å²) in [5.74, 6) is -0.105. The maximum atomic E-state index is 12.3. The molecule has 1 unspecified atom stereocenters. The molecule has 0 bridgehead atoms. The summed E-state index contributed by atoms with van der Waals surface area (Å²) in [4.78, 5) is 16.6. The minimum Gasteiger partial charge on any atom is -0.343 e. The smallest absolute Gasteiger partial charge is 0.343 e. The Balaban J connectivity index is 1.91. The molecular weight excluding hydrogens is 361 g/mol. The number of halogens is 3. The summed E-state index contributed by atoms with van der Waals surface area (Å²) in [5.41, 5.74) is 0.683. The Morgan fingerprint density at radius 3 is 2.70 bits per heavy atom. The molecule has 0 radical (unpaired) electrons. The first-order valence-corrected chi connectivity index (χ1v) is 8.79. The first kappa shape index (κ1) is 19.6. The lowest BCUT2D eigenvalue weighted by atomic mass is 10.1. The van der Waals surface area contributed by atoms with Crippen molar-refractivity contribution in [2.24, 2.45) is 0 Å². The molecule has 1 atom stereocenters. The maximum Gasteiger partial charge on any atom is 0.405 e. The molecule has 1 aliphatic heterocycles. The van der Waals surface area contributed by atoms with Gasteiger partial charge in [0.2, 0.25) is 0 Å². The van der Waals surface area contributed by atoms with Crippen LogP contribution in [0.4, 0.5) is 13.2 Å². The van der Waals surface area contributed by atoms with Gasteiger partial charge in [0.25, 0.3) is 5.91 Å². The number of amides is 1. The van der Waals surface area contributed by atoms with Crippen molar-refractivity contribution in [2.45, 2.75) is 32.1 Å². The van der Waals surface area contributed by atoms with Gasteiger partial charge in [-0.3, -0.25) is 14.1 Å². The van der Waals surface area contributed by atoms with E-state index in [0.29, 0.717) is 17.5 Å². The second kappa shape index (κ2) is 7.43. The highest BCUT2D eigenvalue weighted by Crippen LogP contribution is 2.26. The number of fused-ring (bicyclic) bond motifs is 1. The third-order valence-electron chi connectivity index (χ3n) is 4.73. The molecular formula is C17H23F3N6O. The number of piperazine rings is 1. The number of nitrogens with one attached hydrogen (secondary N) is 1. The van der Waals surface area contributed by atoms with Crippen LogP contribution in [0.5, 0.6) is 0 Å². The van der Waals surface area contributed by atoms with Crippen molar-refractivity contribution >= 4 is 11.6 Å². The van der Waals surface area contributed by atoms with Crippen molar-refractivity contribution in [1.82, 2.24) is 29.7 Å². The van der Waals surface area contributed by atoms with Crippen LogP contribution in [0, 0.1) is 0 Å². The highest BCUT2D eigenvalue weighted by Gasteiger charge is 2.32. The van der Waals surface area contributed by atoms with Crippen molar-refractivity contribution in [3.63, 3.8) is 0 Å². The average molecular weight is 384 g/mol. The number of aromatic nitrogens is 3. The van der Waals surface area contributed by atoms with Crippen LogP contribution in [0.25, 0.3) is 5.65 Å². The van der Waals surface area contributed by atoms with E-state index in [-0.39, 0.29) is 11.6 Å². The lowest BCUT2D eigenvalue weighted by Crippen LogP contribution is -2.50. The number of nitrogens with zero attached hydrogens (tertiary/aromatic N) is 5. The van der Waals surface area contributed by atoms with Gasteiger partial charge in [-0.15, -0.1) is 10.2 Å². The molecule has 0 aliphatic carbocycles. The van der Waals surface area contributed by atoms with Crippen LogP contribution in [0.1, 0.15) is 36.1 Å². The molecule has 7 nitrogen and oxygen atoms in total. The van der Waals surface area contributed by atoms with E-state index in [2.05, 4.69) is 33.8 Å². The van der Waals surface area contributed by atoms with E-state index in [4.69, 9.17) is 0 Å². The van der Waals surface area contributed by atoms with Gasteiger partial charge in [-0.1, -0.05) is 0 Å². The van der Waals surface area contributed by atoms with Crippen LogP contribution in [0.15, 0.2) is 18.3 Å². The Kier molecular flexibility index (Phi) is 5.38. The molecule has 2 aromatic rings. The molecule has 1 N–H and O–H groups in total. The fourth-order valence-corrected chi connectivity index (χ4v) is 3.33. The predicted molar refractivity (Wildman–Crippen MR) is 93.5 cm³/mol. The van der Waals surface area contributed by atoms with E-state index in [1.165, 1.54) is 12.3 Å². The number of likely N-dealkylation sites (N-methyl/N-ethyl adjacent to an activating group) is 1. The van der Waals surface area contributed by atoms with Crippen LogP contribution in [-0.2, 0) is 0 Å². The number of hydrogen-bond donors (Lipinski definition) is 1. The molecule has 0 aromatic carbocycles. The van der Waals surface area contributed by atoms with Gasteiger partial charge in [0.15, 0.2) is 11.5 Å². The van der Waals surface area contributed by atoms with E-state index in [1.54, 1.807) is 10.5 Å². The normalized spacial score (nSPS) is 19.7. The minimum atomic E-state index is -4.45. The molecule has 10 heteroatoms. The molecule has 0 saturated carbocycles. The van der Waals surface area contributed by atoms with E-state index >= 15 is 0 Å². The van der Waals surface area contributed by atoms with Crippen LogP contribution >= 0.6 is 0 Å². The number of alkyl halides is 3. The zero-order valence-electron chi connectivity index (χ0n) is 15.5. The Morgan fingerprint density at radius 1 is 1.30 bits per heavy atom. The maximum absolute atomic E-state index is 12.3. The van der Waals surface area contributed by atoms with Gasteiger partial charge in [-0.2, -0.15) is 13.2 Å². The molecule has 3 rings (SSSR count). The number of rotatable bonds is 4. The summed E-state index contributed by atoms with van der Waals surface area (Å²) in [5, 5.41) is 10.4. The van der Waals surface area contributed by atoms with Crippen molar-refractivity contribution in [3.05, 3.63) is 29.7 Å². The summed E-state index contributed by atoms with van der Waals surface area (Å²) in [6.45, 7) is 5.42. The highest BCUT2D eigenvalue weighted by atomic mass is 19.4. The Morgan fingerprint density at radius 2 is 2.04 bits per heavy atom. The third-order valence-corrected chi connectivity index (χ3v) is 4.73. The van der Waals surface area contributed by atoms with Gasteiger partial charge >= 0.3 is 6.18 Å². The zero-order chi connectivity index (χ0) is 19.8. The second-order valence-corrected chi connectivity index (χ2v) is 7.11.